The molecule has 0 aliphatic carbocycles. The lowest BCUT2D eigenvalue weighted by Gasteiger charge is -2.21. The van der Waals surface area contributed by atoms with Crippen molar-refractivity contribution in [1.29, 1.82) is 5.26 Å². The fraction of sp³-hybridized carbons (Fsp3) is 0.389. The zero-order valence-corrected chi connectivity index (χ0v) is 16.4. The summed E-state index contributed by atoms with van der Waals surface area (Å²) in [5, 5.41) is 20.5. The van der Waals surface area contributed by atoms with Gasteiger partial charge in [-0.15, -0.1) is 5.10 Å². The molecule has 0 atom stereocenters. The van der Waals surface area contributed by atoms with E-state index in [-0.39, 0.29) is 10.9 Å². The van der Waals surface area contributed by atoms with Crippen molar-refractivity contribution in [2.75, 3.05) is 12.4 Å². The van der Waals surface area contributed by atoms with E-state index in [9.17, 15) is 13.7 Å². The van der Waals surface area contributed by atoms with E-state index in [4.69, 9.17) is 0 Å². The van der Waals surface area contributed by atoms with Crippen molar-refractivity contribution in [3.05, 3.63) is 46.6 Å². The smallest absolute Gasteiger partial charge is 0.243 e. The minimum absolute atomic E-state index is 0.117. The van der Waals surface area contributed by atoms with Crippen LogP contribution < -0.4 is 5.32 Å². The first-order chi connectivity index (χ1) is 12.2. The molecule has 8 heteroatoms. The number of nitrogens with one attached hydrogen (secondary N) is 1. The summed E-state index contributed by atoms with van der Waals surface area (Å²) in [5.74, 6) is 0.423. The Balaban J connectivity index is 2.17. The van der Waals surface area contributed by atoms with E-state index in [1.54, 1.807) is 38.2 Å². The van der Waals surface area contributed by atoms with Crippen LogP contribution in [0.5, 0.6) is 0 Å². The minimum Gasteiger partial charge on any atom is -0.363 e. The predicted molar refractivity (Wildman–Crippen MR) is 100 cm³/mol. The number of anilines is 1. The average Bonchev–Trinajstić information content (AvgIpc) is 2.62. The van der Waals surface area contributed by atoms with E-state index >= 15 is 0 Å². The highest BCUT2D eigenvalue weighted by Crippen LogP contribution is 2.20. The van der Waals surface area contributed by atoms with Gasteiger partial charge in [0.25, 0.3) is 0 Å². The van der Waals surface area contributed by atoms with Crippen LogP contribution in [0.15, 0.2) is 29.2 Å². The average molecular weight is 373 g/mol. The summed E-state index contributed by atoms with van der Waals surface area (Å²) in [6, 6.07) is 8.69. The normalized spacial score (nSPS) is 11.6. The Morgan fingerprint density at radius 1 is 1.19 bits per heavy atom. The van der Waals surface area contributed by atoms with E-state index in [2.05, 4.69) is 21.6 Å². The summed E-state index contributed by atoms with van der Waals surface area (Å²) < 4.78 is 26.3. The second-order valence-corrected chi connectivity index (χ2v) is 8.36. The van der Waals surface area contributed by atoms with Crippen LogP contribution in [0.25, 0.3) is 0 Å². The van der Waals surface area contributed by atoms with Crippen molar-refractivity contribution in [1.82, 2.24) is 14.5 Å². The van der Waals surface area contributed by atoms with Gasteiger partial charge in [0.1, 0.15) is 11.6 Å². The fourth-order valence-electron chi connectivity index (χ4n) is 2.28. The standard InChI is InChI=1S/C18H23N5O2S/c1-12(2)23(5)26(24,25)16-8-6-15(7-9-16)11-20-18-17(10-19)13(3)14(4)21-22-18/h6-9,12H,11H2,1-5H3,(H,20,22). The molecule has 2 rings (SSSR count). The van der Waals surface area contributed by atoms with Crippen molar-refractivity contribution in [2.24, 2.45) is 0 Å². The number of aromatic nitrogens is 2. The van der Waals surface area contributed by atoms with E-state index in [1.165, 1.54) is 4.31 Å². The third-order valence-electron chi connectivity index (χ3n) is 4.35. The van der Waals surface area contributed by atoms with Gasteiger partial charge in [0.2, 0.25) is 10.0 Å². The lowest BCUT2D eigenvalue weighted by molar-refractivity contribution is 0.410. The number of hydrogen-bond donors (Lipinski definition) is 1. The predicted octanol–water partition coefficient (Wildman–Crippen LogP) is 2.61. The number of nitriles is 1. The van der Waals surface area contributed by atoms with Gasteiger partial charge in [-0.1, -0.05) is 12.1 Å². The van der Waals surface area contributed by atoms with Gasteiger partial charge in [0, 0.05) is 19.6 Å². The van der Waals surface area contributed by atoms with E-state index < -0.39 is 10.0 Å². The first kappa shape index (κ1) is 19.8. The molecule has 0 spiro atoms. The third kappa shape index (κ3) is 4.00. The maximum Gasteiger partial charge on any atom is 0.243 e. The van der Waals surface area contributed by atoms with Crippen molar-refractivity contribution >= 4 is 15.8 Å². The van der Waals surface area contributed by atoms with Crippen LogP contribution in [-0.4, -0.2) is 36.0 Å². The second kappa shape index (κ2) is 7.81. The monoisotopic (exact) mass is 373 g/mol. The Kier molecular flexibility index (Phi) is 5.95. The zero-order chi connectivity index (χ0) is 19.5. The van der Waals surface area contributed by atoms with Crippen molar-refractivity contribution in [3.63, 3.8) is 0 Å². The largest absolute Gasteiger partial charge is 0.363 e. The molecule has 0 fully saturated rings. The van der Waals surface area contributed by atoms with E-state index in [0.29, 0.717) is 17.9 Å². The van der Waals surface area contributed by atoms with Gasteiger partial charge >= 0.3 is 0 Å². The Hall–Kier alpha value is -2.50. The number of benzene rings is 1. The number of nitrogens with zero attached hydrogens (tertiary/aromatic N) is 4. The molecule has 0 unspecified atom stereocenters. The highest BCUT2D eigenvalue weighted by Gasteiger charge is 2.22. The molecular weight excluding hydrogens is 350 g/mol. The summed E-state index contributed by atoms with van der Waals surface area (Å²) in [6.07, 6.45) is 0. The molecule has 0 saturated heterocycles. The molecule has 0 aliphatic rings. The molecule has 26 heavy (non-hydrogen) atoms. The summed E-state index contributed by atoms with van der Waals surface area (Å²) in [4.78, 5) is 0.251. The number of hydrogen-bond acceptors (Lipinski definition) is 6. The van der Waals surface area contributed by atoms with Crippen molar-refractivity contribution < 1.29 is 8.42 Å². The van der Waals surface area contributed by atoms with Gasteiger partial charge in [-0.05, 0) is 51.0 Å². The van der Waals surface area contributed by atoms with E-state index in [1.807, 2.05) is 20.8 Å². The Bertz CT molecular complexity index is 931. The van der Waals surface area contributed by atoms with Crippen LogP contribution >= 0.6 is 0 Å². The summed E-state index contributed by atoms with van der Waals surface area (Å²) in [6.45, 7) is 7.70. The molecule has 0 aliphatic heterocycles. The molecule has 1 aromatic heterocycles. The van der Waals surface area contributed by atoms with Crippen LogP contribution in [0.3, 0.4) is 0 Å². The van der Waals surface area contributed by atoms with Gasteiger partial charge in [0.15, 0.2) is 5.82 Å². The molecule has 1 heterocycles. The van der Waals surface area contributed by atoms with Crippen LogP contribution in [0.1, 0.15) is 36.2 Å². The molecule has 0 bridgehead atoms. The molecule has 1 aromatic carbocycles. The molecule has 0 saturated carbocycles. The van der Waals surface area contributed by atoms with Gasteiger partial charge in [-0.2, -0.15) is 14.7 Å². The second-order valence-electron chi connectivity index (χ2n) is 6.36. The van der Waals surface area contributed by atoms with Crippen LogP contribution in [0.4, 0.5) is 5.82 Å². The Morgan fingerprint density at radius 2 is 1.81 bits per heavy atom. The molecule has 138 valence electrons. The SMILES string of the molecule is Cc1nnc(NCc2ccc(S(=O)(=O)N(C)C(C)C)cc2)c(C#N)c1C. The number of rotatable bonds is 6. The van der Waals surface area contributed by atoms with E-state index in [0.717, 1.165) is 16.8 Å². The van der Waals surface area contributed by atoms with Crippen LogP contribution in [0.2, 0.25) is 0 Å². The fourth-order valence-corrected chi connectivity index (χ4v) is 3.65. The molecule has 0 radical (unpaired) electrons. The first-order valence-corrected chi connectivity index (χ1v) is 9.67. The summed E-state index contributed by atoms with van der Waals surface area (Å²) in [5.41, 5.74) is 2.86. The molecular formula is C18H23N5O2S. The van der Waals surface area contributed by atoms with Crippen molar-refractivity contribution in [3.8, 4) is 6.07 Å². The van der Waals surface area contributed by atoms with Crippen LogP contribution in [-0.2, 0) is 16.6 Å². The Morgan fingerprint density at radius 3 is 2.35 bits per heavy atom. The number of aryl methyl sites for hydroxylation is 1. The zero-order valence-electron chi connectivity index (χ0n) is 15.6. The highest BCUT2D eigenvalue weighted by atomic mass is 32.2. The lowest BCUT2D eigenvalue weighted by atomic mass is 10.1. The molecule has 2 aromatic rings. The number of sulfonamides is 1. The van der Waals surface area contributed by atoms with Gasteiger partial charge in [0.05, 0.1) is 10.6 Å². The highest BCUT2D eigenvalue weighted by molar-refractivity contribution is 7.89. The van der Waals surface area contributed by atoms with Crippen molar-refractivity contribution in [2.45, 2.75) is 45.2 Å². The Labute approximate surface area is 154 Å². The summed E-state index contributed by atoms with van der Waals surface area (Å²) in [7, 11) is -1.93. The molecule has 0 amide bonds. The van der Waals surface area contributed by atoms with Crippen LogP contribution in [0, 0.1) is 25.2 Å². The maximum atomic E-state index is 12.5. The lowest BCUT2D eigenvalue weighted by Crippen LogP contribution is -2.33. The topological polar surface area (TPSA) is 99.0 Å². The maximum absolute atomic E-state index is 12.5. The van der Waals surface area contributed by atoms with Gasteiger partial charge < -0.3 is 5.32 Å². The third-order valence-corrected chi connectivity index (χ3v) is 6.40. The first-order valence-electron chi connectivity index (χ1n) is 8.23. The van der Waals surface area contributed by atoms with Gasteiger partial charge in [-0.25, -0.2) is 8.42 Å². The quantitative estimate of drug-likeness (QED) is 0.835. The summed E-state index contributed by atoms with van der Waals surface area (Å²) >= 11 is 0. The molecule has 7 nitrogen and oxygen atoms in total. The molecule has 1 N–H and O–H groups in total. The minimum atomic E-state index is -3.50. The van der Waals surface area contributed by atoms with Gasteiger partial charge in [-0.3, -0.25) is 0 Å².